The van der Waals surface area contributed by atoms with Crippen molar-refractivity contribution >= 4 is 23.8 Å². The molecule has 3 aromatic rings. The van der Waals surface area contributed by atoms with Gasteiger partial charge in [-0.05, 0) is 53.2 Å². The molecular weight excluding hydrogens is 381 g/mol. The summed E-state index contributed by atoms with van der Waals surface area (Å²) in [4.78, 5) is 15.9. The molecule has 0 unspecified atom stereocenters. The van der Waals surface area contributed by atoms with Crippen LogP contribution in [0, 0.1) is 5.82 Å². The lowest BCUT2D eigenvalue weighted by molar-refractivity contribution is -0.131. The molecule has 0 aliphatic rings. The Morgan fingerprint density at radius 3 is 2.54 bits per heavy atom. The topological polar surface area (TPSA) is 88.1 Å². The zero-order valence-electron chi connectivity index (χ0n) is 15.1. The average molecular weight is 399 g/mol. The van der Waals surface area contributed by atoms with E-state index in [9.17, 15) is 14.3 Å². The van der Waals surface area contributed by atoms with Crippen LogP contribution in [0.15, 0.2) is 58.6 Å². The highest BCUT2D eigenvalue weighted by Crippen LogP contribution is 2.26. The van der Waals surface area contributed by atoms with Crippen molar-refractivity contribution in [2.75, 3.05) is 0 Å². The number of aromatic amines is 1. The van der Waals surface area contributed by atoms with Gasteiger partial charge in [-0.15, -0.1) is 5.10 Å². The molecule has 1 heterocycles. The number of thioether (sulfide) groups is 1. The first kappa shape index (κ1) is 19.6. The number of hydrogen-bond donors (Lipinski definition) is 2. The van der Waals surface area contributed by atoms with E-state index < -0.39 is 5.97 Å². The third-order valence-electron chi connectivity index (χ3n) is 3.75. The summed E-state index contributed by atoms with van der Waals surface area (Å²) >= 11 is 0.987. The molecule has 0 fully saturated rings. The fraction of sp³-hybridized carbons (Fsp3) is 0.150. The lowest BCUT2D eigenvalue weighted by Gasteiger charge is -2.07. The van der Waals surface area contributed by atoms with Crippen molar-refractivity contribution in [1.82, 2.24) is 15.2 Å². The number of nitrogens with zero attached hydrogens (tertiary/aromatic N) is 2. The van der Waals surface area contributed by atoms with Gasteiger partial charge >= 0.3 is 5.97 Å². The quantitative estimate of drug-likeness (QED) is 0.434. The van der Waals surface area contributed by atoms with E-state index in [-0.39, 0.29) is 10.7 Å². The maximum Gasteiger partial charge on any atom is 0.342 e. The Balaban J connectivity index is 1.66. The fourth-order valence-electron chi connectivity index (χ4n) is 2.27. The minimum Gasteiger partial charge on any atom is -0.489 e. The second kappa shape index (κ2) is 9.18. The smallest absolute Gasteiger partial charge is 0.342 e. The van der Waals surface area contributed by atoms with Crippen LogP contribution in [-0.4, -0.2) is 26.3 Å². The zero-order chi connectivity index (χ0) is 19.9. The van der Waals surface area contributed by atoms with Gasteiger partial charge in [0, 0.05) is 6.42 Å². The lowest BCUT2D eigenvalue weighted by atomic mass is 10.2. The summed E-state index contributed by atoms with van der Waals surface area (Å²) in [7, 11) is 0. The van der Waals surface area contributed by atoms with Crippen LogP contribution < -0.4 is 4.74 Å². The summed E-state index contributed by atoms with van der Waals surface area (Å²) in [6.45, 7) is 2.25. The van der Waals surface area contributed by atoms with E-state index in [0.717, 1.165) is 17.3 Å². The SMILES string of the molecule is CCc1nc(S/C(=C\c2ccc(OCc3ccc(F)cc3)cc2)C(=O)O)n[nH]1. The van der Waals surface area contributed by atoms with Crippen LogP contribution >= 0.6 is 11.8 Å². The summed E-state index contributed by atoms with van der Waals surface area (Å²) in [6, 6.07) is 13.1. The number of halogens is 1. The van der Waals surface area contributed by atoms with Crippen LogP contribution in [0.3, 0.4) is 0 Å². The van der Waals surface area contributed by atoms with Crippen molar-refractivity contribution < 1.29 is 19.0 Å². The maximum absolute atomic E-state index is 12.9. The molecule has 0 aliphatic carbocycles. The molecule has 2 N–H and O–H groups in total. The molecule has 28 heavy (non-hydrogen) atoms. The van der Waals surface area contributed by atoms with Gasteiger partial charge in [-0.25, -0.2) is 14.2 Å². The third-order valence-corrected chi connectivity index (χ3v) is 4.63. The number of rotatable bonds is 8. The number of carboxylic acids is 1. The molecule has 0 saturated heterocycles. The second-order valence-electron chi connectivity index (χ2n) is 5.82. The Bertz CT molecular complexity index is 969. The molecule has 144 valence electrons. The standard InChI is InChI=1S/C20H18FN3O3S/c1-2-18-22-20(24-23-18)28-17(19(25)26)11-13-5-9-16(10-6-13)27-12-14-3-7-15(21)8-4-14/h3-11H,2,12H2,1H3,(H,25,26)(H,22,23,24)/b17-11-. The van der Waals surface area contributed by atoms with Gasteiger partial charge in [0.1, 0.15) is 28.9 Å². The maximum atomic E-state index is 12.9. The van der Waals surface area contributed by atoms with Crippen LogP contribution in [0.4, 0.5) is 4.39 Å². The number of aromatic nitrogens is 3. The number of benzene rings is 2. The van der Waals surface area contributed by atoms with Crippen LogP contribution in [-0.2, 0) is 17.8 Å². The number of nitrogens with one attached hydrogen (secondary N) is 1. The highest BCUT2D eigenvalue weighted by atomic mass is 32.2. The fourth-order valence-corrected chi connectivity index (χ4v) is 3.00. The predicted molar refractivity (Wildman–Crippen MR) is 104 cm³/mol. The summed E-state index contributed by atoms with van der Waals surface area (Å²) < 4.78 is 18.6. The van der Waals surface area contributed by atoms with Crippen molar-refractivity contribution in [3.05, 3.63) is 76.2 Å². The minimum absolute atomic E-state index is 0.113. The molecule has 2 aromatic carbocycles. The molecule has 0 aliphatic heterocycles. The molecule has 1 aromatic heterocycles. The van der Waals surface area contributed by atoms with Gasteiger partial charge in [0.05, 0.1) is 0 Å². The van der Waals surface area contributed by atoms with Gasteiger partial charge in [0.15, 0.2) is 0 Å². The monoisotopic (exact) mass is 399 g/mol. The van der Waals surface area contributed by atoms with E-state index in [4.69, 9.17) is 4.74 Å². The zero-order valence-corrected chi connectivity index (χ0v) is 15.9. The van der Waals surface area contributed by atoms with E-state index in [1.165, 1.54) is 12.1 Å². The molecular formula is C20H18FN3O3S. The minimum atomic E-state index is -1.05. The van der Waals surface area contributed by atoms with Crippen LogP contribution in [0.2, 0.25) is 0 Å². The second-order valence-corrected chi connectivity index (χ2v) is 6.83. The highest BCUT2D eigenvalue weighted by molar-refractivity contribution is 8.04. The first-order chi connectivity index (χ1) is 13.5. The highest BCUT2D eigenvalue weighted by Gasteiger charge is 2.13. The Morgan fingerprint density at radius 2 is 1.93 bits per heavy atom. The van der Waals surface area contributed by atoms with Crippen molar-refractivity contribution in [3.63, 3.8) is 0 Å². The number of carboxylic acid groups (broad SMARTS) is 1. The van der Waals surface area contributed by atoms with Crippen molar-refractivity contribution in [2.45, 2.75) is 25.1 Å². The number of ether oxygens (including phenoxy) is 1. The number of carbonyl (C=O) groups is 1. The van der Waals surface area contributed by atoms with Crippen molar-refractivity contribution in [3.8, 4) is 5.75 Å². The predicted octanol–water partition coefficient (Wildman–Crippen LogP) is 4.30. The van der Waals surface area contributed by atoms with Crippen LogP contribution in [0.25, 0.3) is 6.08 Å². The summed E-state index contributed by atoms with van der Waals surface area (Å²) in [6.07, 6.45) is 2.25. The van der Waals surface area contributed by atoms with E-state index in [1.807, 2.05) is 6.92 Å². The lowest BCUT2D eigenvalue weighted by Crippen LogP contribution is -1.98. The molecule has 0 bridgehead atoms. The molecule has 6 nitrogen and oxygen atoms in total. The van der Waals surface area contributed by atoms with Crippen molar-refractivity contribution in [2.24, 2.45) is 0 Å². The Morgan fingerprint density at radius 1 is 1.21 bits per heavy atom. The van der Waals surface area contributed by atoms with Gasteiger partial charge in [0.25, 0.3) is 0 Å². The summed E-state index contributed by atoms with van der Waals surface area (Å²) in [5.74, 6) is -0.00473. The Labute approximate surface area is 165 Å². The first-order valence-electron chi connectivity index (χ1n) is 8.55. The van der Waals surface area contributed by atoms with Gasteiger partial charge in [-0.1, -0.05) is 31.2 Å². The molecule has 0 saturated carbocycles. The van der Waals surface area contributed by atoms with Gasteiger partial charge in [0.2, 0.25) is 5.16 Å². The van der Waals surface area contributed by atoms with Gasteiger partial charge in [-0.3, -0.25) is 5.10 Å². The Kier molecular flexibility index (Phi) is 6.44. The molecule has 0 amide bonds. The van der Waals surface area contributed by atoms with E-state index in [0.29, 0.717) is 35.3 Å². The van der Waals surface area contributed by atoms with E-state index >= 15 is 0 Å². The normalized spacial score (nSPS) is 11.4. The van der Waals surface area contributed by atoms with Crippen LogP contribution in [0.1, 0.15) is 23.9 Å². The molecule has 3 rings (SSSR count). The summed E-state index contributed by atoms with van der Waals surface area (Å²) in [5.41, 5.74) is 1.57. The van der Waals surface area contributed by atoms with Gasteiger partial charge < -0.3 is 9.84 Å². The van der Waals surface area contributed by atoms with E-state index in [2.05, 4.69) is 15.2 Å². The largest absolute Gasteiger partial charge is 0.489 e. The molecule has 8 heteroatoms. The number of H-pyrrole nitrogens is 1. The summed E-state index contributed by atoms with van der Waals surface area (Å²) in [5, 5.41) is 16.6. The number of aliphatic carboxylic acids is 1. The molecule has 0 atom stereocenters. The van der Waals surface area contributed by atoms with Gasteiger partial charge in [-0.2, -0.15) is 0 Å². The molecule has 0 radical (unpaired) electrons. The first-order valence-corrected chi connectivity index (χ1v) is 9.36. The van der Waals surface area contributed by atoms with E-state index in [1.54, 1.807) is 42.5 Å². The Hall–Kier alpha value is -3.13. The van der Waals surface area contributed by atoms with Crippen molar-refractivity contribution in [1.29, 1.82) is 0 Å². The van der Waals surface area contributed by atoms with Crippen LogP contribution in [0.5, 0.6) is 5.75 Å². The third kappa shape index (κ3) is 5.43. The molecule has 0 spiro atoms. The number of aryl methyl sites for hydroxylation is 1. The number of hydrogen-bond acceptors (Lipinski definition) is 5. The average Bonchev–Trinajstić information content (AvgIpc) is 3.16.